The van der Waals surface area contributed by atoms with Crippen molar-refractivity contribution in [2.75, 3.05) is 18.4 Å². The van der Waals surface area contributed by atoms with Crippen LogP contribution in [0.4, 0.5) is 5.69 Å². The Bertz CT molecular complexity index is 453. The fourth-order valence-electron chi connectivity index (χ4n) is 1.38. The maximum Gasteiger partial charge on any atom is 0.189 e. The Morgan fingerprint density at radius 2 is 2.06 bits per heavy atom. The van der Waals surface area contributed by atoms with Crippen LogP contribution in [0.15, 0.2) is 35.0 Å². The molecule has 0 aliphatic rings. The van der Waals surface area contributed by atoms with Gasteiger partial charge in [0.05, 0.1) is 6.20 Å². The summed E-state index contributed by atoms with van der Waals surface area (Å²) in [5, 5.41) is 7.60. The fourth-order valence-corrected chi connectivity index (χ4v) is 1.51. The molecule has 0 amide bonds. The van der Waals surface area contributed by atoms with Crippen molar-refractivity contribution >= 4 is 17.3 Å². The number of hydrogen-bond acceptors (Lipinski definition) is 4. The number of rotatable bonds is 4. The summed E-state index contributed by atoms with van der Waals surface area (Å²) in [4.78, 5) is 0. The lowest BCUT2D eigenvalue weighted by Gasteiger charge is -2.03. The molecule has 0 spiro atoms. The summed E-state index contributed by atoms with van der Waals surface area (Å²) in [6.45, 7) is 1.24. The van der Waals surface area contributed by atoms with Crippen LogP contribution in [0.25, 0.3) is 11.3 Å². The van der Waals surface area contributed by atoms with Crippen molar-refractivity contribution in [3.8, 4) is 11.3 Å². The first-order valence-corrected chi connectivity index (χ1v) is 5.33. The molecule has 3 N–H and O–H groups in total. The number of hydrogen-bond donors (Lipinski definition) is 2. The topological polar surface area (TPSA) is 64.1 Å². The number of halogens is 1. The average molecular weight is 238 g/mol. The van der Waals surface area contributed by atoms with Gasteiger partial charge in [-0.3, -0.25) is 0 Å². The maximum absolute atomic E-state index is 5.82. The van der Waals surface area contributed by atoms with Crippen LogP contribution >= 0.6 is 11.6 Å². The van der Waals surface area contributed by atoms with Gasteiger partial charge < -0.3 is 15.6 Å². The van der Waals surface area contributed by atoms with Gasteiger partial charge in [0.2, 0.25) is 0 Å². The lowest BCUT2D eigenvalue weighted by Crippen LogP contribution is -2.12. The van der Waals surface area contributed by atoms with Gasteiger partial charge in [-0.1, -0.05) is 16.8 Å². The van der Waals surface area contributed by atoms with E-state index in [1.54, 1.807) is 6.20 Å². The smallest absolute Gasteiger partial charge is 0.189 e. The van der Waals surface area contributed by atoms with E-state index in [0.717, 1.165) is 11.3 Å². The van der Waals surface area contributed by atoms with Crippen LogP contribution in [0, 0.1) is 0 Å². The molecule has 0 atom stereocenters. The molecule has 0 aliphatic carbocycles. The summed E-state index contributed by atoms with van der Waals surface area (Å²) >= 11 is 5.82. The minimum atomic E-state index is 0.561. The van der Waals surface area contributed by atoms with E-state index in [1.807, 2.05) is 24.3 Å². The zero-order valence-corrected chi connectivity index (χ0v) is 9.37. The molecular weight excluding hydrogens is 226 g/mol. The quantitative estimate of drug-likeness (QED) is 0.857. The monoisotopic (exact) mass is 237 g/mol. The predicted octanol–water partition coefficient (Wildman–Crippen LogP) is 2.37. The van der Waals surface area contributed by atoms with Crippen molar-refractivity contribution in [1.82, 2.24) is 5.16 Å². The molecular formula is C11H12ClN3O. The van der Waals surface area contributed by atoms with Gasteiger partial charge >= 0.3 is 0 Å². The molecule has 5 heteroatoms. The van der Waals surface area contributed by atoms with Crippen LogP contribution in [0.1, 0.15) is 0 Å². The standard InChI is InChI=1S/C11H12ClN3O/c12-9-3-1-8(2-4-9)11-10(7-15-16-11)14-6-5-13/h1-4,7,14H,5-6,13H2. The van der Waals surface area contributed by atoms with Crippen LogP contribution in [-0.4, -0.2) is 18.2 Å². The summed E-state index contributed by atoms with van der Waals surface area (Å²) in [5.74, 6) is 0.699. The molecule has 0 unspecified atom stereocenters. The molecule has 1 aromatic carbocycles. The van der Waals surface area contributed by atoms with Gasteiger partial charge in [0, 0.05) is 23.7 Å². The molecule has 4 nitrogen and oxygen atoms in total. The van der Waals surface area contributed by atoms with Crippen LogP contribution in [0.5, 0.6) is 0 Å². The largest absolute Gasteiger partial charge is 0.379 e. The van der Waals surface area contributed by atoms with E-state index in [4.69, 9.17) is 21.9 Å². The second kappa shape index (κ2) is 5.01. The lowest BCUT2D eigenvalue weighted by molar-refractivity contribution is 0.432. The first-order chi connectivity index (χ1) is 7.81. The maximum atomic E-state index is 5.82. The summed E-state index contributed by atoms with van der Waals surface area (Å²) in [5.41, 5.74) is 7.20. The number of nitrogens with one attached hydrogen (secondary N) is 1. The van der Waals surface area contributed by atoms with Crippen molar-refractivity contribution in [2.24, 2.45) is 5.73 Å². The SMILES string of the molecule is NCCNc1cnoc1-c1ccc(Cl)cc1. The molecule has 2 rings (SSSR count). The zero-order valence-electron chi connectivity index (χ0n) is 8.61. The second-order valence-electron chi connectivity index (χ2n) is 3.29. The Morgan fingerprint density at radius 3 is 2.75 bits per heavy atom. The highest BCUT2D eigenvalue weighted by molar-refractivity contribution is 6.30. The van der Waals surface area contributed by atoms with Gasteiger partial charge in [-0.25, -0.2) is 0 Å². The van der Waals surface area contributed by atoms with Crippen LogP contribution < -0.4 is 11.1 Å². The highest BCUT2D eigenvalue weighted by atomic mass is 35.5. The summed E-state index contributed by atoms with van der Waals surface area (Å²) < 4.78 is 5.19. The first-order valence-electron chi connectivity index (χ1n) is 4.96. The molecule has 84 valence electrons. The van der Waals surface area contributed by atoms with Crippen molar-refractivity contribution in [2.45, 2.75) is 0 Å². The van der Waals surface area contributed by atoms with Crippen LogP contribution in [0.2, 0.25) is 5.02 Å². The number of benzene rings is 1. The van der Waals surface area contributed by atoms with Crippen LogP contribution in [-0.2, 0) is 0 Å². The average Bonchev–Trinajstić information content (AvgIpc) is 2.75. The molecule has 2 aromatic rings. The third-order valence-corrected chi connectivity index (χ3v) is 2.39. The molecule has 1 aromatic heterocycles. The zero-order chi connectivity index (χ0) is 11.4. The molecule has 0 fully saturated rings. The Balaban J connectivity index is 2.26. The molecule has 16 heavy (non-hydrogen) atoms. The van der Waals surface area contributed by atoms with E-state index in [1.165, 1.54) is 0 Å². The minimum Gasteiger partial charge on any atom is -0.379 e. The lowest BCUT2D eigenvalue weighted by atomic mass is 10.1. The van der Waals surface area contributed by atoms with Gasteiger partial charge in [0.15, 0.2) is 5.76 Å². The molecule has 0 bridgehead atoms. The molecule has 0 aliphatic heterocycles. The highest BCUT2D eigenvalue weighted by Gasteiger charge is 2.09. The van der Waals surface area contributed by atoms with Crippen molar-refractivity contribution in [3.63, 3.8) is 0 Å². The van der Waals surface area contributed by atoms with E-state index in [2.05, 4.69) is 10.5 Å². The normalized spacial score (nSPS) is 10.4. The molecule has 0 saturated carbocycles. The number of nitrogens with two attached hydrogens (primary N) is 1. The number of aromatic nitrogens is 1. The van der Waals surface area contributed by atoms with Gasteiger partial charge in [-0.05, 0) is 24.3 Å². The Labute approximate surface area is 98.4 Å². The number of anilines is 1. The summed E-state index contributed by atoms with van der Waals surface area (Å²) in [7, 11) is 0. The van der Waals surface area contributed by atoms with E-state index < -0.39 is 0 Å². The number of nitrogens with zero attached hydrogens (tertiary/aromatic N) is 1. The van der Waals surface area contributed by atoms with Gasteiger partial charge in [0.1, 0.15) is 5.69 Å². The highest BCUT2D eigenvalue weighted by Crippen LogP contribution is 2.28. The molecule has 1 heterocycles. The van der Waals surface area contributed by atoms with Crippen molar-refractivity contribution in [3.05, 3.63) is 35.5 Å². The Morgan fingerprint density at radius 1 is 1.31 bits per heavy atom. The van der Waals surface area contributed by atoms with E-state index >= 15 is 0 Å². The van der Waals surface area contributed by atoms with Gasteiger partial charge in [0.25, 0.3) is 0 Å². The molecule has 0 saturated heterocycles. The summed E-state index contributed by atoms with van der Waals surface area (Å²) in [6, 6.07) is 7.39. The minimum absolute atomic E-state index is 0.561. The van der Waals surface area contributed by atoms with Crippen LogP contribution in [0.3, 0.4) is 0 Å². The Hall–Kier alpha value is -1.52. The van der Waals surface area contributed by atoms with E-state index in [9.17, 15) is 0 Å². The van der Waals surface area contributed by atoms with E-state index in [0.29, 0.717) is 23.9 Å². The third-order valence-electron chi connectivity index (χ3n) is 2.14. The van der Waals surface area contributed by atoms with Gasteiger partial charge in [-0.2, -0.15) is 0 Å². The van der Waals surface area contributed by atoms with Crippen molar-refractivity contribution in [1.29, 1.82) is 0 Å². The first kappa shape index (κ1) is 11.0. The Kier molecular flexibility index (Phi) is 3.44. The summed E-state index contributed by atoms with van der Waals surface area (Å²) in [6.07, 6.45) is 1.64. The van der Waals surface area contributed by atoms with E-state index in [-0.39, 0.29) is 0 Å². The second-order valence-corrected chi connectivity index (χ2v) is 3.73. The van der Waals surface area contributed by atoms with Crippen molar-refractivity contribution < 1.29 is 4.52 Å². The van der Waals surface area contributed by atoms with Gasteiger partial charge in [-0.15, -0.1) is 0 Å². The molecule has 0 radical (unpaired) electrons. The fraction of sp³-hybridized carbons (Fsp3) is 0.182. The predicted molar refractivity (Wildman–Crippen MR) is 64.5 cm³/mol. The third kappa shape index (κ3) is 2.35.